The van der Waals surface area contributed by atoms with Gasteiger partial charge >= 0.3 is 0 Å². The third-order valence-corrected chi connectivity index (χ3v) is 6.66. The Hall–Kier alpha value is -2.46. The van der Waals surface area contributed by atoms with Crippen molar-refractivity contribution in [1.29, 1.82) is 0 Å². The van der Waals surface area contributed by atoms with E-state index in [2.05, 4.69) is 10.0 Å². The number of amides is 2. The maximum absolute atomic E-state index is 12.9. The molecule has 1 aliphatic rings. The minimum Gasteiger partial charge on any atom is -0.376 e. The quantitative estimate of drug-likeness (QED) is 0.542. The lowest BCUT2D eigenvalue weighted by Gasteiger charge is -2.23. The minimum absolute atomic E-state index is 0.0166. The van der Waals surface area contributed by atoms with Crippen molar-refractivity contribution in [3.63, 3.8) is 0 Å². The molecule has 32 heavy (non-hydrogen) atoms. The Morgan fingerprint density at radius 3 is 2.47 bits per heavy atom. The molecule has 172 valence electrons. The second-order valence-corrected chi connectivity index (χ2v) is 9.66. The Morgan fingerprint density at radius 2 is 1.81 bits per heavy atom. The van der Waals surface area contributed by atoms with E-state index in [1.807, 2.05) is 0 Å². The zero-order chi connectivity index (χ0) is 23.0. The zero-order valence-corrected chi connectivity index (χ0v) is 19.1. The molecule has 1 unspecified atom stereocenters. The number of nitrogens with one attached hydrogen (secondary N) is 2. The summed E-state index contributed by atoms with van der Waals surface area (Å²) < 4.78 is 32.7. The van der Waals surface area contributed by atoms with Gasteiger partial charge in [0.2, 0.25) is 21.8 Å². The Balaban J connectivity index is 1.63. The van der Waals surface area contributed by atoms with Gasteiger partial charge in [0, 0.05) is 24.7 Å². The number of carbonyl (C=O) groups excluding carboxylic acids is 2. The van der Waals surface area contributed by atoms with Crippen molar-refractivity contribution in [2.75, 3.05) is 26.2 Å². The molecule has 0 bridgehead atoms. The number of hydrogen-bond acceptors (Lipinski definition) is 5. The van der Waals surface area contributed by atoms with Gasteiger partial charge in [0.1, 0.15) is 0 Å². The van der Waals surface area contributed by atoms with E-state index >= 15 is 0 Å². The Bertz CT molecular complexity index is 1010. The van der Waals surface area contributed by atoms with Crippen molar-refractivity contribution in [3.05, 3.63) is 65.2 Å². The largest absolute Gasteiger partial charge is 0.376 e. The number of halogens is 1. The fourth-order valence-electron chi connectivity index (χ4n) is 3.26. The fourth-order valence-corrected chi connectivity index (χ4v) is 4.38. The van der Waals surface area contributed by atoms with E-state index in [0.717, 1.165) is 18.4 Å². The van der Waals surface area contributed by atoms with Crippen molar-refractivity contribution < 1.29 is 22.7 Å². The molecule has 2 aromatic rings. The first-order valence-corrected chi connectivity index (χ1v) is 12.1. The van der Waals surface area contributed by atoms with Crippen LogP contribution in [0.2, 0.25) is 5.02 Å². The third kappa shape index (κ3) is 7.30. The van der Waals surface area contributed by atoms with Crippen LogP contribution in [0.1, 0.15) is 18.4 Å². The maximum atomic E-state index is 12.9. The molecule has 0 aliphatic carbocycles. The molecular formula is C22H26ClN3O5S. The van der Waals surface area contributed by atoms with Gasteiger partial charge in [-0.25, -0.2) is 13.1 Å². The number of nitrogens with zero attached hydrogens (tertiary/aromatic N) is 1. The van der Waals surface area contributed by atoms with Crippen LogP contribution in [0, 0.1) is 0 Å². The number of sulfonamides is 1. The fraction of sp³-hybridized carbons (Fsp3) is 0.364. The second-order valence-electron chi connectivity index (χ2n) is 7.45. The normalized spacial score (nSPS) is 16.0. The van der Waals surface area contributed by atoms with E-state index in [0.29, 0.717) is 18.2 Å². The monoisotopic (exact) mass is 479 g/mol. The van der Waals surface area contributed by atoms with E-state index in [4.69, 9.17) is 16.3 Å². The Labute approximate surface area is 192 Å². The number of rotatable bonds is 10. The van der Waals surface area contributed by atoms with Crippen LogP contribution in [0.15, 0.2) is 59.5 Å². The maximum Gasteiger partial charge on any atom is 0.241 e. The molecular weight excluding hydrogens is 454 g/mol. The number of hydrogen-bond donors (Lipinski definition) is 2. The van der Waals surface area contributed by atoms with E-state index in [-0.39, 0.29) is 30.0 Å². The second kappa shape index (κ2) is 11.4. The molecule has 10 heteroatoms. The molecule has 3 rings (SSSR count). The number of carbonyl (C=O) groups is 2. The summed E-state index contributed by atoms with van der Waals surface area (Å²) in [5.74, 6) is -0.861. The van der Waals surface area contributed by atoms with Crippen molar-refractivity contribution in [2.45, 2.75) is 30.4 Å². The lowest BCUT2D eigenvalue weighted by Crippen LogP contribution is -2.45. The molecule has 1 atom stereocenters. The van der Waals surface area contributed by atoms with E-state index in [1.54, 1.807) is 42.5 Å². The van der Waals surface area contributed by atoms with Crippen LogP contribution in [0.4, 0.5) is 0 Å². The molecule has 1 saturated heterocycles. The average molecular weight is 480 g/mol. The molecule has 1 aliphatic heterocycles. The highest BCUT2D eigenvalue weighted by atomic mass is 35.5. The van der Waals surface area contributed by atoms with Crippen LogP contribution >= 0.6 is 11.6 Å². The van der Waals surface area contributed by atoms with Crippen molar-refractivity contribution >= 4 is 33.4 Å². The van der Waals surface area contributed by atoms with E-state index in [1.165, 1.54) is 17.0 Å². The standard InChI is InChI=1S/C22H26ClN3O5S/c23-18-10-8-17(9-11-18)15-26(16-21(27)24-13-19-5-4-12-31-19)22(28)14-25-32(29,30)20-6-2-1-3-7-20/h1-3,6-11,19,25H,4-5,12-16H2,(H,24,27). The predicted octanol–water partition coefficient (Wildman–Crippen LogP) is 1.94. The highest BCUT2D eigenvalue weighted by Crippen LogP contribution is 2.13. The molecule has 1 fully saturated rings. The van der Waals surface area contributed by atoms with Crippen LogP contribution in [0.25, 0.3) is 0 Å². The van der Waals surface area contributed by atoms with Crippen molar-refractivity contribution in [3.8, 4) is 0 Å². The summed E-state index contributed by atoms with van der Waals surface area (Å²) in [6.07, 6.45) is 1.83. The third-order valence-electron chi connectivity index (χ3n) is 4.99. The van der Waals surface area contributed by atoms with Crippen molar-refractivity contribution in [2.24, 2.45) is 0 Å². The summed E-state index contributed by atoms with van der Waals surface area (Å²) in [7, 11) is -3.85. The van der Waals surface area contributed by atoms with Gasteiger partial charge in [-0.15, -0.1) is 0 Å². The van der Waals surface area contributed by atoms with Gasteiger partial charge in [-0.1, -0.05) is 41.9 Å². The lowest BCUT2D eigenvalue weighted by atomic mass is 10.2. The van der Waals surface area contributed by atoms with Crippen LogP contribution in [0.3, 0.4) is 0 Å². The Kier molecular flexibility index (Phi) is 8.63. The molecule has 0 saturated carbocycles. The van der Waals surface area contributed by atoms with Gasteiger partial charge in [-0.2, -0.15) is 0 Å². The predicted molar refractivity (Wildman–Crippen MR) is 120 cm³/mol. The minimum atomic E-state index is -3.85. The van der Waals surface area contributed by atoms with Gasteiger partial charge in [0.05, 0.1) is 24.1 Å². The summed E-state index contributed by atoms with van der Waals surface area (Å²) in [5, 5.41) is 3.34. The summed E-state index contributed by atoms with van der Waals surface area (Å²) in [5.41, 5.74) is 0.764. The highest BCUT2D eigenvalue weighted by Gasteiger charge is 2.22. The van der Waals surface area contributed by atoms with Crippen LogP contribution in [-0.2, 0) is 30.9 Å². The molecule has 2 aromatic carbocycles. The first kappa shape index (κ1) is 24.2. The molecule has 2 N–H and O–H groups in total. The first-order valence-electron chi connectivity index (χ1n) is 10.3. The van der Waals surface area contributed by atoms with Gasteiger partial charge in [-0.05, 0) is 42.7 Å². The summed E-state index contributed by atoms with van der Waals surface area (Å²) in [6, 6.07) is 14.7. The Morgan fingerprint density at radius 1 is 1.09 bits per heavy atom. The molecule has 2 amide bonds. The van der Waals surface area contributed by atoms with E-state index in [9.17, 15) is 18.0 Å². The van der Waals surface area contributed by atoms with Crippen LogP contribution in [-0.4, -0.2) is 57.5 Å². The van der Waals surface area contributed by atoms with Crippen LogP contribution in [0.5, 0.6) is 0 Å². The van der Waals surface area contributed by atoms with Gasteiger partial charge in [0.25, 0.3) is 0 Å². The highest BCUT2D eigenvalue weighted by molar-refractivity contribution is 7.89. The molecule has 1 heterocycles. The molecule has 8 nitrogen and oxygen atoms in total. The topological polar surface area (TPSA) is 105 Å². The van der Waals surface area contributed by atoms with Crippen LogP contribution < -0.4 is 10.0 Å². The molecule has 0 radical (unpaired) electrons. The molecule has 0 spiro atoms. The zero-order valence-electron chi connectivity index (χ0n) is 17.5. The smallest absolute Gasteiger partial charge is 0.241 e. The number of ether oxygens (including phenoxy) is 1. The summed E-state index contributed by atoms with van der Waals surface area (Å²) in [4.78, 5) is 26.7. The van der Waals surface area contributed by atoms with Crippen molar-refractivity contribution in [1.82, 2.24) is 14.9 Å². The first-order chi connectivity index (χ1) is 15.3. The summed E-state index contributed by atoms with van der Waals surface area (Å²) in [6.45, 7) is 0.521. The average Bonchev–Trinajstić information content (AvgIpc) is 3.31. The van der Waals surface area contributed by atoms with Gasteiger partial charge in [-0.3, -0.25) is 9.59 Å². The number of benzene rings is 2. The summed E-state index contributed by atoms with van der Waals surface area (Å²) >= 11 is 5.92. The van der Waals surface area contributed by atoms with E-state index < -0.39 is 22.5 Å². The van der Waals surface area contributed by atoms with Gasteiger partial charge in [0.15, 0.2) is 0 Å². The molecule has 0 aromatic heterocycles. The lowest BCUT2D eigenvalue weighted by molar-refractivity contribution is -0.135. The van der Waals surface area contributed by atoms with Gasteiger partial charge < -0.3 is 15.0 Å². The SMILES string of the molecule is O=C(CN(Cc1ccc(Cl)cc1)C(=O)CNS(=O)(=O)c1ccccc1)NCC1CCCO1.